The summed E-state index contributed by atoms with van der Waals surface area (Å²) in [6.45, 7) is 0. The molecule has 106 valence electrons. The molecule has 0 bridgehead atoms. The van der Waals surface area contributed by atoms with Gasteiger partial charge in [-0.2, -0.15) is 0 Å². The number of hydrogen-bond donors (Lipinski definition) is 0. The zero-order valence-corrected chi connectivity index (χ0v) is 14.9. The van der Waals surface area contributed by atoms with Crippen LogP contribution in [-0.4, -0.2) is 24.5 Å². The van der Waals surface area contributed by atoms with Gasteiger partial charge in [-0.1, -0.05) is 23.7 Å². The van der Waals surface area contributed by atoms with E-state index in [9.17, 15) is 22.6 Å². The molecule has 0 radical (unpaired) electrons. The molecule has 2 aromatic carbocycles. The topological polar surface area (TPSA) is 91.3 Å². The quantitative estimate of drug-likeness (QED) is 0.418. The molecule has 0 amide bonds. The van der Waals surface area contributed by atoms with Gasteiger partial charge in [0.1, 0.15) is 10.1 Å². The van der Waals surface area contributed by atoms with Crippen molar-refractivity contribution in [3.63, 3.8) is 0 Å². The summed E-state index contributed by atoms with van der Waals surface area (Å²) in [5.41, 5.74) is 0.120. The number of carbonyl (C=O) groups is 2. The van der Waals surface area contributed by atoms with Crippen molar-refractivity contribution in [3.8, 4) is 0 Å². The van der Waals surface area contributed by atoms with Crippen LogP contribution in [0.1, 0.15) is 31.8 Å². The molecule has 0 unspecified atom stereocenters. The molecule has 1 aliphatic rings. The van der Waals surface area contributed by atoms with Crippen LogP contribution in [0.4, 0.5) is 0 Å². The number of hydrogen-bond acceptors (Lipinski definition) is 5. The zero-order chi connectivity index (χ0) is 15.4. The molecule has 0 saturated carbocycles. The van der Waals surface area contributed by atoms with E-state index in [0.29, 0.717) is 0 Å². The third-order valence-electron chi connectivity index (χ3n) is 3.25. The molecule has 0 spiro atoms. The van der Waals surface area contributed by atoms with Gasteiger partial charge >= 0.3 is 29.6 Å². The SMILES string of the molecule is O=C1c2ccc(S(=O)(=O)[O-])cc2C(=O)c2c(Cl)cccc21.[Na+]. The Morgan fingerprint density at radius 1 is 0.909 bits per heavy atom. The predicted molar refractivity (Wildman–Crippen MR) is 72.7 cm³/mol. The van der Waals surface area contributed by atoms with E-state index in [-0.39, 0.29) is 56.8 Å². The van der Waals surface area contributed by atoms with Crippen molar-refractivity contribution in [2.75, 3.05) is 0 Å². The van der Waals surface area contributed by atoms with Crippen LogP contribution in [-0.2, 0) is 10.1 Å². The van der Waals surface area contributed by atoms with Crippen LogP contribution in [0.2, 0.25) is 5.02 Å². The third kappa shape index (κ3) is 2.67. The van der Waals surface area contributed by atoms with Crippen molar-refractivity contribution in [1.82, 2.24) is 0 Å². The Balaban J connectivity index is 0.00000176. The number of carbonyl (C=O) groups excluding carboxylic acids is 2. The molecule has 8 heteroatoms. The van der Waals surface area contributed by atoms with Crippen LogP contribution < -0.4 is 29.6 Å². The molecule has 1 aliphatic carbocycles. The average molecular weight is 345 g/mol. The van der Waals surface area contributed by atoms with E-state index in [1.165, 1.54) is 18.2 Å². The van der Waals surface area contributed by atoms with Gasteiger partial charge in [0.25, 0.3) is 0 Å². The Hall–Kier alpha value is -1.02. The summed E-state index contributed by atoms with van der Waals surface area (Å²) in [6.07, 6.45) is 0. The first kappa shape index (κ1) is 17.3. The van der Waals surface area contributed by atoms with Gasteiger partial charge in [-0.15, -0.1) is 0 Å². The number of halogens is 1. The van der Waals surface area contributed by atoms with Crippen molar-refractivity contribution in [3.05, 3.63) is 63.7 Å². The van der Waals surface area contributed by atoms with E-state index in [1.54, 1.807) is 6.07 Å². The standard InChI is InChI=1S/C14H7ClO5S.Na/c15-11-3-1-2-9-12(11)14(17)10-6-7(21(18,19)20)4-5-8(10)13(9)16;/h1-6H,(H,18,19,20);/q;+1/p-1. The van der Waals surface area contributed by atoms with Gasteiger partial charge in [0, 0.05) is 16.7 Å². The average Bonchev–Trinajstić information content (AvgIpc) is 2.43. The van der Waals surface area contributed by atoms with Crippen molar-refractivity contribution in [1.29, 1.82) is 0 Å². The Bertz CT molecular complexity index is 921. The minimum absolute atomic E-state index is 0. The number of fused-ring (bicyclic) bond motifs is 2. The van der Waals surface area contributed by atoms with Gasteiger partial charge in [0.05, 0.1) is 15.5 Å². The summed E-state index contributed by atoms with van der Waals surface area (Å²) in [7, 11) is -4.71. The Morgan fingerprint density at radius 2 is 1.59 bits per heavy atom. The molecule has 0 aliphatic heterocycles. The monoisotopic (exact) mass is 344 g/mol. The molecular weight excluding hydrogens is 339 g/mol. The summed E-state index contributed by atoms with van der Waals surface area (Å²) >= 11 is 5.95. The van der Waals surface area contributed by atoms with Crippen LogP contribution in [0.5, 0.6) is 0 Å². The van der Waals surface area contributed by atoms with Crippen molar-refractivity contribution < 1.29 is 52.1 Å². The fraction of sp³-hybridized carbons (Fsp3) is 0. The fourth-order valence-corrected chi connectivity index (χ4v) is 3.05. The summed E-state index contributed by atoms with van der Waals surface area (Å²) in [5, 5.41) is 0.104. The van der Waals surface area contributed by atoms with Crippen LogP contribution >= 0.6 is 11.6 Å². The Kier molecular flexibility index (Phi) is 4.64. The molecule has 2 aromatic rings. The molecule has 5 nitrogen and oxygen atoms in total. The second-order valence-corrected chi connectivity index (χ2v) is 6.27. The summed E-state index contributed by atoms with van der Waals surface area (Å²) in [6, 6.07) is 7.59. The molecule has 0 aromatic heterocycles. The van der Waals surface area contributed by atoms with Gasteiger partial charge in [-0.05, 0) is 24.3 Å². The second kappa shape index (κ2) is 5.88. The first-order valence-electron chi connectivity index (χ1n) is 5.78. The van der Waals surface area contributed by atoms with Crippen LogP contribution in [0.3, 0.4) is 0 Å². The number of benzene rings is 2. The normalized spacial score (nSPS) is 13.2. The third-order valence-corrected chi connectivity index (χ3v) is 4.40. The largest absolute Gasteiger partial charge is 1.00 e. The predicted octanol–water partition coefficient (Wildman–Crippen LogP) is -0.977. The molecule has 0 saturated heterocycles. The number of rotatable bonds is 1. The van der Waals surface area contributed by atoms with Crippen LogP contribution in [0.15, 0.2) is 41.3 Å². The molecule has 0 heterocycles. The minimum atomic E-state index is -4.71. The maximum atomic E-state index is 12.4. The second-order valence-electron chi connectivity index (χ2n) is 4.48. The Morgan fingerprint density at radius 3 is 2.23 bits per heavy atom. The maximum Gasteiger partial charge on any atom is 1.00 e. The van der Waals surface area contributed by atoms with E-state index in [4.69, 9.17) is 11.6 Å². The van der Waals surface area contributed by atoms with E-state index < -0.39 is 26.6 Å². The van der Waals surface area contributed by atoms with Gasteiger partial charge in [-0.25, -0.2) is 8.42 Å². The van der Waals surface area contributed by atoms with E-state index >= 15 is 0 Å². The van der Waals surface area contributed by atoms with Gasteiger partial charge < -0.3 is 4.55 Å². The van der Waals surface area contributed by atoms with Crippen LogP contribution in [0.25, 0.3) is 0 Å². The first-order chi connectivity index (χ1) is 9.80. The van der Waals surface area contributed by atoms with E-state index in [2.05, 4.69) is 0 Å². The maximum absolute atomic E-state index is 12.4. The smallest absolute Gasteiger partial charge is 0.744 e. The van der Waals surface area contributed by atoms with Crippen LogP contribution in [0, 0.1) is 0 Å². The summed E-state index contributed by atoms with van der Waals surface area (Å²) < 4.78 is 33.1. The summed E-state index contributed by atoms with van der Waals surface area (Å²) in [4.78, 5) is 24.2. The van der Waals surface area contributed by atoms with E-state index in [0.717, 1.165) is 12.1 Å². The van der Waals surface area contributed by atoms with Gasteiger partial charge in [0.15, 0.2) is 11.6 Å². The molecule has 0 fully saturated rings. The van der Waals surface area contributed by atoms with E-state index in [1.807, 2.05) is 0 Å². The molecule has 22 heavy (non-hydrogen) atoms. The first-order valence-corrected chi connectivity index (χ1v) is 7.57. The molecule has 0 atom stereocenters. The molecule has 0 N–H and O–H groups in total. The van der Waals surface area contributed by atoms with Crippen molar-refractivity contribution in [2.45, 2.75) is 4.90 Å². The summed E-state index contributed by atoms with van der Waals surface area (Å²) in [5.74, 6) is -1.01. The number of ketones is 2. The van der Waals surface area contributed by atoms with Crippen molar-refractivity contribution in [2.24, 2.45) is 0 Å². The molecule has 3 rings (SSSR count). The Labute approximate surface area is 153 Å². The minimum Gasteiger partial charge on any atom is -0.744 e. The molecular formula is C14H6ClNaO5S. The van der Waals surface area contributed by atoms with Crippen molar-refractivity contribution >= 4 is 33.3 Å². The zero-order valence-electron chi connectivity index (χ0n) is 11.3. The van der Waals surface area contributed by atoms with Gasteiger partial charge in [-0.3, -0.25) is 9.59 Å². The van der Waals surface area contributed by atoms with Gasteiger partial charge in [0.2, 0.25) is 0 Å². The fourth-order valence-electron chi connectivity index (χ4n) is 2.29.